The van der Waals surface area contributed by atoms with Gasteiger partial charge in [0.2, 0.25) is 10.6 Å². The van der Waals surface area contributed by atoms with Crippen molar-refractivity contribution >= 4 is 23.2 Å². The number of nitrogens with zero attached hydrogens (tertiary/aromatic N) is 3. The number of halogens is 2. The van der Waals surface area contributed by atoms with Gasteiger partial charge in [-0.05, 0) is 90.5 Å². The normalized spacial score (nSPS) is 33.8. The Hall–Kier alpha value is -1.19. The summed E-state index contributed by atoms with van der Waals surface area (Å²) < 4.78 is 0. The number of benzene rings is 1. The van der Waals surface area contributed by atoms with Gasteiger partial charge in [-0.15, -0.1) is 0 Å². The van der Waals surface area contributed by atoms with Gasteiger partial charge in [-0.2, -0.15) is 15.0 Å². The highest BCUT2D eigenvalue weighted by molar-refractivity contribution is 6.31. The predicted molar refractivity (Wildman–Crippen MR) is 95.1 cm³/mol. The third-order valence-electron chi connectivity index (χ3n) is 6.37. The van der Waals surface area contributed by atoms with E-state index in [0.29, 0.717) is 11.2 Å². The molecule has 0 amide bonds. The maximum atomic E-state index is 5.90. The minimum absolute atomic E-state index is 0.134. The first-order valence-corrected chi connectivity index (χ1v) is 9.53. The Morgan fingerprint density at radius 1 is 0.750 bits per heavy atom. The Balaban J connectivity index is 1.48. The Labute approximate surface area is 151 Å². The first kappa shape index (κ1) is 15.1. The van der Waals surface area contributed by atoms with Crippen LogP contribution >= 0.6 is 23.2 Å². The van der Waals surface area contributed by atoms with Crippen LogP contribution in [0, 0.1) is 17.8 Å². The van der Waals surface area contributed by atoms with Gasteiger partial charge < -0.3 is 0 Å². The van der Waals surface area contributed by atoms with Crippen molar-refractivity contribution in [1.29, 1.82) is 0 Å². The van der Waals surface area contributed by atoms with E-state index in [1.54, 1.807) is 0 Å². The molecule has 4 aliphatic rings. The Morgan fingerprint density at radius 3 is 1.75 bits per heavy atom. The van der Waals surface area contributed by atoms with Gasteiger partial charge in [-0.1, -0.05) is 24.3 Å². The average molecular weight is 360 g/mol. The molecule has 0 aliphatic heterocycles. The van der Waals surface area contributed by atoms with Crippen LogP contribution in [0.5, 0.6) is 0 Å². The summed E-state index contributed by atoms with van der Waals surface area (Å²) in [7, 11) is 0. The molecule has 124 valence electrons. The average Bonchev–Trinajstić information content (AvgIpc) is 2.53. The lowest BCUT2D eigenvalue weighted by atomic mass is 9.48. The molecule has 0 radical (unpaired) electrons. The predicted octanol–water partition coefficient (Wildman–Crippen LogP) is 5.31. The molecule has 0 spiro atoms. The van der Waals surface area contributed by atoms with Crippen molar-refractivity contribution in [2.24, 2.45) is 17.8 Å². The fraction of sp³-hybridized carbons (Fsp3) is 0.526. The fourth-order valence-electron chi connectivity index (χ4n) is 5.89. The van der Waals surface area contributed by atoms with Crippen LogP contribution in [0.2, 0.25) is 10.6 Å². The molecule has 4 saturated carbocycles. The Morgan fingerprint density at radius 2 is 1.25 bits per heavy atom. The minimum Gasteiger partial charge on any atom is -0.198 e. The molecule has 6 rings (SSSR count). The standard InChI is InChI=1S/C19H19Cl2N3/c20-17-22-16(23-18(21)24-17)14-1-3-15(4-2-14)19-8-11-5-12(9-19)7-13(6-11)10-19/h1-4,11-13H,5-10H2. The van der Waals surface area contributed by atoms with Gasteiger partial charge >= 0.3 is 0 Å². The lowest BCUT2D eigenvalue weighted by molar-refractivity contribution is -0.00518. The van der Waals surface area contributed by atoms with E-state index in [1.807, 2.05) is 0 Å². The van der Waals surface area contributed by atoms with Crippen LogP contribution in [-0.2, 0) is 5.41 Å². The summed E-state index contributed by atoms with van der Waals surface area (Å²) in [5.41, 5.74) is 2.85. The van der Waals surface area contributed by atoms with Crippen LogP contribution in [0.4, 0.5) is 0 Å². The Kier molecular flexibility index (Phi) is 3.40. The van der Waals surface area contributed by atoms with Gasteiger partial charge in [0, 0.05) is 5.56 Å². The molecule has 1 aromatic carbocycles. The SMILES string of the molecule is Clc1nc(Cl)nc(-c2ccc(C34CC5CC(CC(C5)C3)C4)cc2)n1. The highest BCUT2D eigenvalue weighted by Gasteiger charge is 2.51. The molecule has 2 aromatic rings. The second kappa shape index (κ2) is 5.40. The third kappa shape index (κ3) is 2.44. The molecule has 0 atom stereocenters. The quantitative estimate of drug-likeness (QED) is 0.728. The fourth-order valence-corrected chi connectivity index (χ4v) is 6.26. The summed E-state index contributed by atoms with van der Waals surface area (Å²) in [6, 6.07) is 8.76. The molecule has 4 bridgehead atoms. The molecule has 4 fully saturated rings. The molecular formula is C19H19Cl2N3. The summed E-state index contributed by atoms with van der Waals surface area (Å²) in [5.74, 6) is 3.41. The lowest BCUT2D eigenvalue weighted by Crippen LogP contribution is -2.48. The maximum Gasteiger partial charge on any atom is 0.227 e. The maximum absolute atomic E-state index is 5.90. The molecule has 1 heterocycles. The van der Waals surface area contributed by atoms with E-state index in [2.05, 4.69) is 39.2 Å². The van der Waals surface area contributed by atoms with E-state index < -0.39 is 0 Å². The van der Waals surface area contributed by atoms with Crippen molar-refractivity contribution in [3.63, 3.8) is 0 Å². The summed E-state index contributed by atoms with van der Waals surface area (Å²) in [6.07, 6.45) is 8.54. The molecule has 5 heteroatoms. The van der Waals surface area contributed by atoms with Crippen molar-refractivity contribution in [3.8, 4) is 11.4 Å². The zero-order valence-corrected chi connectivity index (χ0v) is 14.9. The summed E-state index contributed by atoms with van der Waals surface area (Å²) in [5, 5.41) is 0.269. The molecule has 0 N–H and O–H groups in total. The molecule has 24 heavy (non-hydrogen) atoms. The van der Waals surface area contributed by atoms with E-state index >= 15 is 0 Å². The first-order valence-electron chi connectivity index (χ1n) is 8.78. The summed E-state index contributed by atoms with van der Waals surface area (Å²) in [4.78, 5) is 12.2. The second-order valence-corrected chi connectivity index (χ2v) is 8.65. The lowest BCUT2D eigenvalue weighted by Gasteiger charge is -2.57. The van der Waals surface area contributed by atoms with E-state index in [4.69, 9.17) is 23.2 Å². The zero-order chi connectivity index (χ0) is 16.3. The smallest absolute Gasteiger partial charge is 0.198 e. The van der Waals surface area contributed by atoms with E-state index in [9.17, 15) is 0 Å². The highest BCUT2D eigenvalue weighted by Crippen LogP contribution is 2.60. The van der Waals surface area contributed by atoms with Crippen molar-refractivity contribution < 1.29 is 0 Å². The van der Waals surface area contributed by atoms with Crippen molar-refractivity contribution in [3.05, 3.63) is 40.4 Å². The van der Waals surface area contributed by atoms with E-state index in [1.165, 1.54) is 44.1 Å². The topological polar surface area (TPSA) is 38.7 Å². The molecule has 3 nitrogen and oxygen atoms in total. The Bertz CT molecular complexity index is 732. The van der Waals surface area contributed by atoms with Crippen LogP contribution < -0.4 is 0 Å². The molecule has 0 saturated heterocycles. The molecule has 1 aromatic heterocycles. The van der Waals surface area contributed by atoms with Crippen LogP contribution in [-0.4, -0.2) is 15.0 Å². The summed E-state index contributed by atoms with van der Waals surface area (Å²) in [6.45, 7) is 0. The number of hydrogen-bond donors (Lipinski definition) is 0. The first-order chi connectivity index (χ1) is 11.6. The number of aromatic nitrogens is 3. The van der Waals surface area contributed by atoms with E-state index in [0.717, 1.165) is 23.3 Å². The number of rotatable bonds is 2. The van der Waals surface area contributed by atoms with Gasteiger partial charge in [-0.25, -0.2) is 0 Å². The van der Waals surface area contributed by atoms with Gasteiger partial charge in [0.05, 0.1) is 0 Å². The van der Waals surface area contributed by atoms with Crippen molar-refractivity contribution in [2.75, 3.05) is 0 Å². The summed E-state index contributed by atoms with van der Waals surface area (Å²) >= 11 is 11.8. The van der Waals surface area contributed by atoms with Gasteiger partial charge in [0.1, 0.15) is 0 Å². The third-order valence-corrected chi connectivity index (χ3v) is 6.71. The van der Waals surface area contributed by atoms with Crippen LogP contribution in [0.1, 0.15) is 44.1 Å². The van der Waals surface area contributed by atoms with Gasteiger partial charge in [0.25, 0.3) is 0 Å². The van der Waals surface area contributed by atoms with E-state index in [-0.39, 0.29) is 10.6 Å². The van der Waals surface area contributed by atoms with Gasteiger partial charge in [0.15, 0.2) is 5.82 Å². The minimum atomic E-state index is 0.134. The zero-order valence-electron chi connectivity index (χ0n) is 13.4. The highest BCUT2D eigenvalue weighted by atomic mass is 35.5. The van der Waals surface area contributed by atoms with Gasteiger partial charge in [-0.3, -0.25) is 0 Å². The molecule has 0 unspecified atom stereocenters. The second-order valence-electron chi connectivity index (χ2n) is 7.97. The van der Waals surface area contributed by atoms with Crippen LogP contribution in [0.3, 0.4) is 0 Å². The monoisotopic (exact) mass is 359 g/mol. The molecular weight excluding hydrogens is 341 g/mol. The van der Waals surface area contributed by atoms with Crippen molar-refractivity contribution in [1.82, 2.24) is 15.0 Å². The van der Waals surface area contributed by atoms with Crippen LogP contribution in [0.25, 0.3) is 11.4 Å². The number of hydrogen-bond acceptors (Lipinski definition) is 3. The molecule has 4 aliphatic carbocycles. The van der Waals surface area contributed by atoms with Crippen LogP contribution in [0.15, 0.2) is 24.3 Å². The largest absolute Gasteiger partial charge is 0.227 e. The van der Waals surface area contributed by atoms with Crippen molar-refractivity contribution in [2.45, 2.75) is 43.9 Å².